The molecule has 0 saturated carbocycles. The molecule has 0 saturated heterocycles. The maximum absolute atomic E-state index is 13.7. The van der Waals surface area contributed by atoms with Crippen molar-refractivity contribution in [3.05, 3.63) is 35.4 Å². The first-order chi connectivity index (χ1) is 14.9. The number of hydrogen-bond donors (Lipinski definition) is 2. The van der Waals surface area contributed by atoms with Gasteiger partial charge in [0.15, 0.2) is 0 Å². The number of rotatable bonds is 5. The van der Waals surface area contributed by atoms with Crippen molar-refractivity contribution < 1.29 is 19.1 Å². The lowest BCUT2D eigenvalue weighted by Crippen LogP contribution is -2.59. The van der Waals surface area contributed by atoms with E-state index in [0.717, 1.165) is 0 Å². The zero-order valence-corrected chi connectivity index (χ0v) is 21.6. The number of carbonyl (C=O) groups is 3. The van der Waals surface area contributed by atoms with E-state index in [9.17, 15) is 14.4 Å². The minimum absolute atomic E-state index is 0.363. The van der Waals surface area contributed by atoms with E-state index in [1.807, 2.05) is 41.5 Å². The van der Waals surface area contributed by atoms with Crippen molar-refractivity contribution in [2.24, 2.45) is 0 Å². The molecule has 0 aliphatic rings. The highest BCUT2D eigenvalue weighted by Crippen LogP contribution is 2.32. The van der Waals surface area contributed by atoms with Crippen LogP contribution in [0, 0.1) is 12.3 Å². The maximum Gasteiger partial charge on any atom is 0.408 e. The molecule has 0 aliphatic carbocycles. The second kappa shape index (κ2) is 10.3. The van der Waals surface area contributed by atoms with E-state index in [4.69, 9.17) is 11.2 Å². The van der Waals surface area contributed by atoms with Gasteiger partial charge in [-0.25, -0.2) is 4.79 Å². The average Bonchev–Trinajstić information content (AvgIpc) is 2.61. The van der Waals surface area contributed by atoms with Gasteiger partial charge in [-0.3, -0.25) is 9.59 Å². The van der Waals surface area contributed by atoms with Crippen LogP contribution in [0.2, 0.25) is 0 Å². The summed E-state index contributed by atoms with van der Waals surface area (Å²) < 4.78 is 5.29. The van der Waals surface area contributed by atoms with Gasteiger partial charge < -0.3 is 20.3 Å². The number of hydrogen-bond acceptors (Lipinski definition) is 4. The van der Waals surface area contributed by atoms with Crippen LogP contribution >= 0.6 is 0 Å². The molecular formula is C26H39N3O4. The molecule has 1 rings (SSSR count). The highest BCUT2D eigenvalue weighted by molar-refractivity contribution is 5.93. The van der Waals surface area contributed by atoms with Crippen molar-refractivity contribution in [3.63, 3.8) is 0 Å². The highest BCUT2D eigenvalue weighted by Gasteiger charge is 2.42. The second-order valence-electron chi connectivity index (χ2n) is 11.1. The molecule has 7 nitrogen and oxygen atoms in total. The molecule has 182 valence electrons. The van der Waals surface area contributed by atoms with Gasteiger partial charge in [0.2, 0.25) is 11.8 Å². The smallest absolute Gasteiger partial charge is 0.408 e. The number of alkyl carbamates (subject to hydrolysis) is 1. The molecule has 0 spiro atoms. The van der Waals surface area contributed by atoms with E-state index in [0.29, 0.717) is 11.1 Å². The summed E-state index contributed by atoms with van der Waals surface area (Å²) in [7, 11) is 0. The molecule has 0 bridgehead atoms. The number of benzene rings is 1. The predicted molar refractivity (Wildman–Crippen MR) is 130 cm³/mol. The Kier molecular flexibility index (Phi) is 8.73. The van der Waals surface area contributed by atoms with Crippen molar-refractivity contribution in [2.75, 3.05) is 0 Å². The third-order valence-corrected chi connectivity index (χ3v) is 4.48. The molecule has 0 heterocycles. The normalized spacial score (nSPS) is 13.8. The summed E-state index contributed by atoms with van der Waals surface area (Å²) in [6, 6.07) is 5.10. The summed E-state index contributed by atoms with van der Waals surface area (Å²) in [5.41, 5.74) is -0.969. The number of terminal acetylenes is 1. The molecule has 7 heteroatoms. The molecule has 3 amide bonds. The third-order valence-electron chi connectivity index (χ3n) is 4.48. The molecule has 0 aromatic heterocycles. The van der Waals surface area contributed by atoms with Crippen LogP contribution in [0.25, 0.3) is 0 Å². The lowest BCUT2D eigenvalue weighted by molar-refractivity contribution is -0.148. The highest BCUT2D eigenvalue weighted by atomic mass is 16.6. The minimum atomic E-state index is -1.01. The summed E-state index contributed by atoms with van der Waals surface area (Å²) >= 11 is 0. The Hall–Kier alpha value is -3.01. The Balaban J connectivity index is 3.53. The molecule has 0 radical (unpaired) electrons. The lowest BCUT2D eigenvalue weighted by Gasteiger charge is -2.43. The number of nitrogens with zero attached hydrogens (tertiary/aromatic N) is 1. The van der Waals surface area contributed by atoms with Crippen molar-refractivity contribution in [1.82, 2.24) is 15.5 Å². The van der Waals surface area contributed by atoms with Crippen molar-refractivity contribution >= 4 is 17.9 Å². The van der Waals surface area contributed by atoms with E-state index in [2.05, 4.69) is 16.6 Å². The molecule has 2 atom stereocenters. The number of carbonyl (C=O) groups excluding carboxylic acids is 3. The molecule has 1 aromatic carbocycles. The van der Waals surface area contributed by atoms with E-state index in [1.165, 1.54) is 4.90 Å². The fourth-order valence-electron chi connectivity index (χ4n) is 3.30. The van der Waals surface area contributed by atoms with Crippen molar-refractivity contribution in [3.8, 4) is 12.3 Å². The average molecular weight is 458 g/mol. The number of amides is 3. The zero-order valence-electron chi connectivity index (χ0n) is 21.6. The lowest BCUT2D eigenvalue weighted by atomic mass is 9.92. The van der Waals surface area contributed by atoms with Gasteiger partial charge in [-0.1, -0.05) is 24.1 Å². The summed E-state index contributed by atoms with van der Waals surface area (Å²) in [5, 5.41) is 5.56. The van der Waals surface area contributed by atoms with E-state index >= 15 is 0 Å². The molecule has 33 heavy (non-hydrogen) atoms. The Morgan fingerprint density at radius 2 is 1.55 bits per heavy atom. The molecule has 0 aliphatic heterocycles. The Morgan fingerprint density at radius 1 is 1.00 bits per heavy atom. The fourth-order valence-corrected chi connectivity index (χ4v) is 3.30. The first-order valence-corrected chi connectivity index (χ1v) is 11.1. The largest absolute Gasteiger partial charge is 0.444 e. The van der Waals surface area contributed by atoms with Gasteiger partial charge >= 0.3 is 6.09 Å². The Bertz CT molecular complexity index is 911. The van der Waals surface area contributed by atoms with Crippen LogP contribution < -0.4 is 10.6 Å². The van der Waals surface area contributed by atoms with Crippen LogP contribution in [0.4, 0.5) is 4.79 Å². The van der Waals surface area contributed by atoms with Crippen LogP contribution in [0.1, 0.15) is 86.4 Å². The molecular weight excluding hydrogens is 418 g/mol. The maximum atomic E-state index is 13.7. The summed E-state index contributed by atoms with van der Waals surface area (Å²) in [5.74, 6) is 1.82. The van der Waals surface area contributed by atoms with Crippen LogP contribution in [0.5, 0.6) is 0 Å². The van der Waals surface area contributed by atoms with Crippen LogP contribution in [-0.2, 0) is 14.3 Å². The SMILES string of the molecule is C#Cc1ccccc1C(C(=O)NC(C)(C)C)N(C(=O)C(C)NC(=O)OC(C)(C)C)C(C)(C)C. The standard InChI is InChI=1S/C26H39N3O4/c1-12-18-15-13-14-16-19(18)20(21(30)28-24(3,4)5)29(25(6,7)8)22(31)17(2)27-23(32)33-26(9,10)11/h1,13-17,20H,2-11H3,(H,27,32)(H,28,30). The van der Waals surface area contributed by atoms with Gasteiger partial charge in [-0.15, -0.1) is 6.42 Å². The van der Waals surface area contributed by atoms with E-state index < -0.39 is 40.8 Å². The van der Waals surface area contributed by atoms with Gasteiger partial charge in [0.25, 0.3) is 0 Å². The zero-order chi connectivity index (χ0) is 25.8. The van der Waals surface area contributed by atoms with Crippen LogP contribution in [-0.4, -0.2) is 45.5 Å². The quantitative estimate of drug-likeness (QED) is 0.650. The van der Waals surface area contributed by atoms with Gasteiger partial charge in [-0.05, 0) is 80.9 Å². The molecule has 1 aromatic rings. The summed E-state index contributed by atoms with van der Waals surface area (Å²) in [6.07, 6.45) is 5.02. The molecule has 2 unspecified atom stereocenters. The van der Waals surface area contributed by atoms with E-state index in [-0.39, 0.29) is 5.91 Å². The first-order valence-electron chi connectivity index (χ1n) is 11.1. The van der Waals surface area contributed by atoms with Crippen LogP contribution in [0.15, 0.2) is 24.3 Å². The van der Waals surface area contributed by atoms with Crippen LogP contribution in [0.3, 0.4) is 0 Å². The van der Waals surface area contributed by atoms with E-state index in [1.54, 1.807) is 52.0 Å². The van der Waals surface area contributed by atoms with Gasteiger partial charge in [0, 0.05) is 16.6 Å². The van der Waals surface area contributed by atoms with Crippen molar-refractivity contribution in [1.29, 1.82) is 0 Å². The summed E-state index contributed by atoms with van der Waals surface area (Å²) in [4.78, 5) is 41.0. The Labute approximate surface area is 198 Å². The molecule has 2 N–H and O–H groups in total. The van der Waals surface area contributed by atoms with Gasteiger partial charge in [0.1, 0.15) is 17.7 Å². The van der Waals surface area contributed by atoms with Gasteiger partial charge in [0.05, 0.1) is 0 Å². The Morgan fingerprint density at radius 3 is 2.00 bits per heavy atom. The van der Waals surface area contributed by atoms with Crippen molar-refractivity contribution in [2.45, 2.75) is 98.0 Å². The monoisotopic (exact) mass is 457 g/mol. The fraction of sp³-hybridized carbons (Fsp3) is 0.577. The number of ether oxygens (including phenoxy) is 1. The third kappa shape index (κ3) is 8.45. The second-order valence-corrected chi connectivity index (χ2v) is 11.1. The minimum Gasteiger partial charge on any atom is -0.444 e. The number of nitrogens with one attached hydrogen (secondary N) is 2. The molecule has 0 fully saturated rings. The van der Waals surface area contributed by atoms with Gasteiger partial charge in [-0.2, -0.15) is 0 Å². The first kappa shape index (κ1) is 28.0. The summed E-state index contributed by atoms with van der Waals surface area (Å²) in [6.45, 7) is 17.9. The topological polar surface area (TPSA) is 87.7 Å². The predicted octanol–water partition coefficient (Wildman–Crippen LogP) is 4.16.